The number of hydrogen-bond acceptors (Lipinski definition) is 2. The normalized spacial score (nSPS) is 13.4. The van der Waals surface area contributed by atoms with Crippen LogP contribution in [0.4, 0.5) is 0 Å². The van der Waals surface area contributed by atoms with Gasteiger partial charge in [-0.1, -0.05) is 50.1 Å². The van der Waals surface area contributed by atoms with E-state index in [1.807, 2.05) is 0 Å². The smallest absolute Gasteiger partial charge is 0.0832 e. The molecule has 0 bridgehead atoms. The third-order valence-electron chi connectivity index (χ3n) is 4.44. The SMILES string of the molecule is CCNC(Cc1cc(C)cc(C)c1)C(CC)(CC)OCC. The molecular formula is C19H33NO. The van der Waals surface area contributed by atoms with Gasteiger partial charge < -0.3 is 10.1 Å². The molecule has 0 saturated carbocycles. The average molecular weight is 291 g/mol. The van der Waals surface area contributed by atoms with Crippen LogP contribution in [0.25, 0.3) is 0 Å². The van der Waals surface area contributed by atoms with Crippen molar-refractivity contribution in [1.82, 2.24) is 5.32 Å². The first kappa shape index (κ1) is 18.2. The zero-order valence-electron chi connectivity index (χ0n) is 14.8. The maximum absolute atomic E-state index is 6.21. The fourth-order valence-corrected chi connectivity index (χ4v) is 3.45. The second-order valence-corrected chi connectivity index (χ2v) is 6.02. The van der Waals surface area contributed by atoms with Crippen molar-refractivity contribution in [3.05, 3.63) is 34.9 Å². The molecule has 0 aliphatic carbocycles. The van der Waals surface area contributed by atoms with Crippen molar-refractivity contribution in [2.75, 3.05) is 13.2 Å². The topological polar surface area (TPSA) is 21.3 Å². The van der Waals surface area contributed by atoms with Crippen molar-refractivity contribution in [2.24, 2.45) is 0 Å². The Morgan fingerprint density at radius 2 is 1.57 bits per heavy atom. The summed E-state index contributed by atoms with van der Waals surface area (Å²) in [6.07, 6.45) is 3.11. The highest BCUT2D eigenvalue weighted by molar-refractivity contribution is 5.29. The van der Waals surface area contributed by atoms with Gasteiger partial charge in [-0.2, -0.15) is 0 Å². The first-order chi connectivity index (χ1) is 10.0. The van der Waals surface area contributed by atoms with Crippen LogP contribution in [0.5, 0.6) is 0 Å². The maximum atomic E-state index is 6.21. The molecule has 0 radical (unpaired) electrons. The molecule has 0 aliphatic heterocycles. The standard InChI is InChI=1S/C19H33NO/c1-7-19(8-2,21-10-4)18(20-9-3)14-17-12-15(5)11-16(6)13-17/h11-13,18,20H,7-10,14H2,1-6H3. The van der Waals surface area contributed by atoms with Crippen LogP contribution in [-0.2, 0) is 11.2 Å². The Bertz CT molecular complexity index is 403. The zero-order chi connectivity index (χ0) is 15.9. The van der Waals surface area contributed by atoms with Gasteiger partial charge in [-0.25, -0.2) is 0 Å². The van der Waals surface area contributed by atoms with Crippen molar-refractivity contribution in [3.63, 3.8) is 0 Å². The summed E-state index contributed by atoms with van der Waals surface area (Å²) in [6, 6.07) is 7.21. The highest BCUT2D eigenvalue weighted by Crippen LogP contribution is 2.28. The number of ether oxygens (including phenoxy) is 1. The molecule has 120 valence electrons. The van der Waals surface area contributed by atoms with Gasteiger partial charge in [0.25, 0.3) is 0 Å². The predicted molar refractivity (Wildman–Crippen MR) is 92.0 cm³/mol. The maximum Gasteiger partial charge on any atom is 0.0832 e. The molecule has 1 atom stereocenters. The van der Waals surface area contributed by atoms with E-state index in [2.05, 4.69) is 65.1 Å². The van der Waals surface area contributed by atoms with Gasteiger partial charge in [0.1, 0.15) is 0 Å². The lowest BCUT2D eigenvalue weighted by atomic mass is 9.83. The van der Waals surface area contributed by atoms with Crippen LogP contribution in [0.1, 0.15) is 57.2 Å². The molecule has 1 aromatic carbocycles. The largest absolute Gasteiger partial charge is 0.374 e. The third kappa shape index (κ3) is 4.82. The van der Waals surface area contributed by atoms with Crippen molar-refractivity contribution in [2.45, 2.75) is 72.4 Å². The number of nitrogens with one attached hydrogen (secondary N) is 1. The minimum atomic E-state index is -0.0671. The molecule has 0 aromatic heterocycles. The first-order valence-electron chi connectivity index (χ1n) is 8.45. The summed E-state index contributed by atoms with van der Waals surface area (Å²) >= 11 is 0. The van der Waals surface area contributed by atoms with E-state index in [1.54, 1.807) is 0 Å². The van der Waals surface area contributed by atoms with Crippen LogP contribution in [0.3, 0.4) is 0 Å². The van der Waals surface area contributed by atoms with E-state index in [9.17, 15) is 0 Å². The van der Waals surface area contributed by atoms with E-state index in [0.29, 0.717) is 6.04 Å². The Balaban J connectivity index is 3.03. The minimum Gasteiger partial charge on any atom is -0.374 e. The highest BCUT2D eigenvalue weighted by atomic mass is 16.5. The quantitative estimate of drug-likeness (QED) is 0.727. The Morgan fingerprint density at radius 1 is 1.00 bits per heavy atom. The Labute approximate surface area is 131 Å². The molecule has 0 spiro atoms. The van der Waals surface area contributed by atoms with E-state index in [4.69, 9.17) is 4.74 Å². The van der Waals surface area contributed by atoms with Gasteiger partial charge in [0.15, 0.2) is 0 Å². The van der Waals surface area contributed by atoms with Gasteiger partial charge in [0.05, 0.1) is 5.60 Å². The molecule has 21 heavy (non-hydrogen) atoms. The van der Waals surface area contributed by atoms with E-state index in [1.165, 1.54) is 16.7 Å². The van der Waals surface area contributed by atoms with E-state index in [0.717, 1.165) is 32.4 Å². The predicted octanol–water partition coefficient (Wildman–Crippen LogP) is 4.42. The average Bonchev–Trinajstić information content (AvgIpc) is 2.43. The molecule has 0 aliphatic rings. The number of aryl methyl sites for hydroxylation is 2. The Hall–Kier alpha value is -0.860. The van der Waals surface area contributed by atoms with Gasteiger partial charge >= 0.3 is 0 Å². The van der Waals surface area contributed by atoms with Crippen LogP contribution >= 0.6 is 0 Å². The van der Waals surface area contributed by atoms with Gasteiger partial charge in [0, 0.05) is 12.6 Å². The fraction of sp³-hybridized carbons (Fsp3) is 0.684. The van der Waals surface area contributed by atoms with Crippen molar-refractivity contribution >= 4 is 0 Å². The zero-order valence-corrected chi connectivity index (χ0v) is 14.8. The molecular weight excluding hydrogens is 258 g/mol. The van der Waals surface area contributed by atoms with Crippen LogP contribution < -0.4 is 5.32 Å². The first-order valence-corrected chi connectivity index (χ1v) is 8.45. The summed E-state index contributed by atoms with van der Waals surface area (Å²) in [4.78, 5) is 0. The molecule has 0 saturated heterocycles. The Morgan fingerprint density at radius 3 is 2.00 bits per heavy atom. The lowest BCUT2D eigenvalue weighted by Gasteiger charge is -2.40. The Kier molecular flexibility index (Phi) is 7.41. The molecule has 1 aromatic rings. The summed E-state index contributed by atoms with van der Waals surface area (Å²) in [6.45, 7) is 14.9. The third-order valence-corrected chi connectivity index (χ3v) is 4.44. The monoisotopic (exact) mass is 291 g/mol. The van der Waals surface area contributed by atoms with Crippen molar-refractivity contribution in [3.8, 4) is 0 Å². The number of rotatable bonds is 9. The summed E-state index contributed by atoms with van der Waals surface area (Å²) in [5, 5.41) is 3.67. The molecule has 1 unspecified atom stereocenters. The van der Waals surface area contributed by atoms with Crippen LogP contribution in [0, 0.1) is 13.8 Å². The van der Waals surface area contributed by atoms with Crippen LogP contribution in [-0.4, -0.2) is 24.8 Å². The molecule has 2 heteroatoms. The summed E-state index contributed by atoms with van der Waals surface area (Å²) in [7, 11) is 0. The summed E-state index contributed by atoms with van der Waals surface area (Å²) in [5.74, 6) is 0. The molecule has 0 heterocycles. The van der Waals surface area contributed by atoms with Gasteiger partial charge in [-0.05, 0) is 52.1 Å². The van der Waals surface area contributed by atoms with Gasteiger partial charge in [0.2, 0.25) is 0 Å². The van der Waals surface area contributed by atoms with Crippen molar-refractivity contribution < 1.29 is 4.74 Å². The lowest BCUT2D eigenvalue weighted by molar-refractivity contribution is -0.0715. The second kappa shape index (κ2) is 8.55. The molecule has 0 fully saturated rings. The van der Waals surface area contributed by atoms with E-state index < -0.39 is 0 Å². The van der Waals surface area contributed by atoms with Crippen LogP contribution in [0.15, 0.2) is 18.2 Å². The molecule has 1 N–H and O–H groups in total. The lowest BCUT2D eigenvalue weighted by Crippen LogP contribution is -2.53. The number of benzene rings is 1. The van der Waals surface area contributed by atoms with Gasteiger partial charge in [-0.3, -0.25) is 0 Å². The highest BCUT2D eigenvalue weighted by Gasteiger charge is 2.35. The molecule has 1 rings (SSSR count). The number of hydrogen-bond donors (Lipinski definition) is 1. The summed E-state index contributed by atoms with van der Waals surface area (Å²) in [5.41, 5.74) is 4.03. The summed E-state index contributed by atoms with van der Waals surface area (Å²) < 4.78 is 6.21. The number of likely N-dealkylation sites (N-methyl/N-ethyl adjacent to an activating group) is 1. The van der Waals surface area contributed by atoms with Crippen molar-refractivity contribution in [1.29, 1.82) is 0 Å². The van der Waals surface area contributed by atoms with Crippen LogP contribution in [0.2, 0.25) is 0 Å². The molecule has 2 nitrogen and oxygen atoms in total. The van der Waals surface area contributed by atoms with E-state index >= 15 is 0 Å². The fourth-order valence-electron chi connectivity index (χ4n) is 3.45. The van der Waals surface area contributed by atoms with E-state index in [-0.39, 0.29) is 5.60 Å². The minimum absolute atomic E-state index is 0.0671. The second-order valence-electron chi connectivity index (χ2n) is 6.02. The molecule has 0 amide bonds. The van der Waals surface area contributed by atoms with Gasteiger partial charge in [-0.15, -0.1) is 0 Å².